The fourth-order valence-electron chi connectivity index (χ4n) is 7.77. The Kier molecular flexibility index (Phi) is 7.09. The first-order valence-electron chi connectivity index (χ1n) is 16.1. The molecule has 2 aliphatic heterocycles. The van der Waals surface area contributed by atoms with Crippen LogP contribution in [0.5, 0.6) is 0 Å². The van der Waals surface area contributed by atoms with E-state index in [1.54, 1.807) is 38.1 Å². The van der Waals surface area contributed by atoms with E-state index in [1.165, 1.54) is 20.9 Å². The number of rotatable bonds is 4. The molecule has 5 aromatic carbocycles. The summed E-state index contributed by atoms with van der Waals surface area (Å²) in [5, 5.41) is 0. The number of nitrogens with zero attached hydrogens (tertiary/aromatic N) is 2. The second-order valence-electron chi connectivity index (χ2n) is 13.4. The number of imide groups is 2. The van der Waals surface area contributed by atoms with Crippen molar-refractivity contribution in [2.24, 2.45) is 0 Å². The van der Waals surface area contributed by atoms with E-state index in [9.17, 15) is 19.2 Å². The number of aryl methyl sites for hydroxylation is 8. The molecule has 0 unspecified atom stereocenters. The van der Waals surface area contributed by atoms with Gasteiger partial charge in [-0.05, 0) is 147 Å². The van der Waals surface area contributed by atoms with E-state index in [4.69, 9.17) is 0 Å². The maximum absolute atomic E-state index is 13.9. The van der Waals surface area contributed by atoms with E-state index in [0.29, 0.717) is 44.8 Å². The molecule has 7 rings (SSSR count). The summed E-state index contributed by atoms with van der Waals surface area (Å²) in [6.45, 7) is 15.9. The van der Waals surface area contributed by atoms with E-state index in [1.807, 2.05) is 24.3 Å². The molecule has 4 amide bonds. The molecule has 6 heteroatoms. The Morgan fingerprint density at radius 1 is 0.354 bits per heavy atom. The fourth-order valence-corrected chi connectivity index (χ4v) is 7.77. The number of anilines is 2. The predicted molar refractivity (Wildman–Crippen MR) is 190 cm³/mol. The van der Waals surface area contributed by atoms with Gasteiger partial charge in [-0.3, -0.25) is 19.2 Å². The van der Waals surface area contributed by atoms with Crippen molar-refractivity contribution < 1.29 is 19.2 Å². The second kappa shape index (κ2) is 11.0. The topological polar surface area (TPSA) is 74.8 Å². The normalized spacial score (nSPS) is 13.9. The van der Waals surface area contributed by atoms with Gasteiger partial charge < -0.3 is 0 Å². The monoisotopic (exact) mass is 632 g/mol. The Hall–Kier alpha value is -5.62. The first-order valence-corrected chi connectivity index (χ1v) is 16.1. The quantitative estimate of drug-likeness (QED) is 0.185. The van der Waals surface area contributed by atoms with E-state index < -0.39 is 23.6 Å². The van der Waals surface area contributed by atoms with Crippen LogP contribution in [-0.2, 0) is 0 Å². The van der Waals surface area contributed by atoms with Gasteiger partial charge in [-0.15, -0.1) is 0 Å². The summed E-state index contributed by atoms with van der Waals surface area (Å²) < 4.78 is 0. The molecular weight excluding hydrogens is 596 g/mol. The average molecular weight is 633 g/mol. The number of hydrogen-bond acceptors (Lipinski definition) is 4. The summed E-state index contributed by atoms with van der Waals surface area (Å²) in [5.41, 5.74) is 14.1. The summed E-state index contributed by atoms with van der Waals surface area (Å²) in [7, 11) is 0. The highest BCUT2D eigenvalue weighted by Crippen LogP contribution is 2.40. The molecule has 0 bridgehead atoms. The van der Waals surface area contributed by atoms with E-state index in [-0.39, 0.29) is 0 Å². The lowest BCUT2D eigenvalue weighted by Gasteiger charge is -2.22. The lowest BCUT2D eigenvalue weighted by Crippen LogP contribution is -2.32. The minimum atomic E-state index is -0.399. The van der Waals surface area contributed by atoms with Gasteiger partial charge in [0.2, 0.25) is 0 Å². The van der Waals surface area contributed by atoms with E-state index in [2.05, 4.69) is 65.8 Å². The van der Waals surface area contributed by atoms with E-state index in [0.717, 1.165) is 44.5 Å². The molecule has 0 radical (unpaired) electrons. The first-order chi connectivity index (χ1) is 22.8. The first kappa shape index (κ1) is 31.0. The number of amides is 4. The van der Waals surface area contributed by atoms with Crippen LogP contribution in [-0.4, -0.2) is 23.6 Å². The molecule has 2 heterocycles. The molecule has 0 aliphatic carbocycles. The maximum atomic E-state index is 13.9. The molecule has 48 heavy (non-hydrogen) atoms. The van der Waals surface area contributed by atoms with Gasteiger partial charge in [0, 0.05) is 0 Å². The number of hydrogen-bond donors (Lipinski definition) is 0. The van der Waals surface area contributed by atoms with Gasteiger partial charge in [0.15, 0.2) is 0 Å². The highest BCUT2D eigenvalue weighted by molar-refractivity contribution is 6.36. The zero-order valence-corrected chi connectivity index (χ0v) is 28.5. The standard InChI is InChI=1S/C42H36N2O4/c1-21-13-25(5)37(26(6)14-21)29-9-11-31-33(19-29)41(47)43(39(31)45)35-17-24(4)36(18-23(35)3)44-40(46)32-12-10-30(20-34(32)42(44)48)38-27(7)15-22(2)16-28(38)8/h9-20H,1-8H3. The molecule has 5 aromatic rings. The van der Waals surface area contributed by atoms with Gasteiger partial charge in [0.05, 0.1) is 33.6 Å². The molecule has 0 fully saturated rings. The largest absolute Gasteiger partial charge is 0.268 e. The van der Waals surface area contributed by atoms with Crippen molar-refractivity contribution in [2.45, 2.75) is 55.4 Å². The molecule has 6 nitrogen and oxygen atoms in total. The zero-order chi connectivity index (χ0) is 34.3. The highest BCUT2D eigenvalue weighted by atomic mass is 16.2. The Morgan fingerprint density at radius 2 is 0.667 bits per heavy atom. The fraction of sp³-hybridized carbons (Fsp3) is 0.190. The van der Waals surface area contributed by atoms with Crippen molar-refractivity contribution in [1.29, 1.82) is 0 Å². The molecule has 0 aromatic heterocycles. The summed E-state index contributed by atoms with van der Waals surface area (Å²) in [6.07, 6.45) is 0. The number of fused-ring (bicyclic) bond motifs is 2. The highest BCUT2D eigenvalue weighted by Gasteiger charge is 2.40. The van der Waals surface area contributed by atoms with Crippen LogP contribution in [0.3, 0.4) is 0 Å². The molecule has 0 atom stereocenters. The molecule has 238 valence electrons. The van der Waals surface area contributed by atoms with Gasteiger partial charge in [-0.25, -0.2) is 9.80 Å². The lowest BCUT2D eigenvalue weighted by atomic mass is 9.92. The molecular formula is C42H36N2O4. The SMILES string of the molecule is Cc1cc(C)c(-c2ccc3c(c2)C(=O)N(c2cc(C)c(N4C(=O)c5ccc(-c6c(C)cc(C)cc6C)cc5C4=O)cc2C)C3=O)c(C)c1. The lowest BCUT2D eigenvalue weighted by molar-refractivity contribution is 0.0909. The summed E-state index contributed by atoms with van der Waals surface area (Å²) in [4.78, 5) is 57.5. The van der Waals surface area contributed by atoms with Crippen LogP contribution < -0.4 is 9.80 Å². The summed E-state index contributed by atoms with van der Waals surface area (Å²) >= 11 is 0. The third kappa shape index (κ3) is 4.62. The third-order valence-electron chi connectivity index (χ3n) is 9.70. The van der Waals surface area contributed by atoms with Crippen LogP contribution in [0.1, 0.15) is 85.9 Å². The Bertz CT molecular complexity index is 2100. The molecule has 0 spiro atoms. The Balaban J connectivity index is 1.23. The minimum absolute atomic E-state index is 0.350. The van der Waals surface area contributed by atoms with Crippen molar-refractivity contribution in [3.05, 3.63) is 140 Å². The van der Waals surface area contributed by atoms with Gasteiger partial charge in [0.1, 0.15) is 0 Å². The van der Waals surface area contributed by atoms with Crippen LogP contribution in [0.25, 0.3) is 22.3 Å². The van der Waals surface area contributed by atoms with Crippen LogP contribution in [0, 0.1) is 55.4 Å². The second-order valence-corrected chi connectivity index (χ2v) is 13.4. The molecule has 0 saturated carbocycles. The smallest absolute Gasteiger partial charge is 0.266 e. The van der Waals surface area contributed by atoms with Gasteiger partial charge in [-0.2, -0.15) is 0 Å². The van der Waals surface area contributed by atoms with Crippen LogP contribution in [0.2, 0.25) is 0 Å². The van der Waals surface area contributed by atoms with Gasteiger partial charge in [0.25, 0.3) is 23.6 Å². The zero-order valence-electron chi connectivity index (χ0n) is 28.5. The number of benzene rings is 5. The van der Waals surface area contributed by atoms with Crippen molar-refractivity contribution in [1.82, 2.24) is 0 Å². The van der Waals surface area contributed by atoms with Gasteiger partial charge in [-0.1, -0.05) is 47.5 Å². The van der Waals surface area contributed by atoms with Crippen LogP contribution in [0.4, 0.5) is 11.4 Å². The van der Waals surface area contributed by atoms with Crippen molar-refractivity contribution >= 4 is 35.0 Å². The molecule has 2 aliphatic rings. The summed E-state index contributed by atoms with van der Waals surface area (Å²) in [5.74, 6) is -1.60. The molecule has 0 saturated heterocycles. The Morgan fingerprint density at radius 3 is 1.00 bits per heavy atom. The van der Waals surface area contributed by atoms with Crippen LogP contribution >= 0.6 is 0 Å². The number of carbonyl (C=O) groups is 4. The van der Waals surface area contributed by atoms with Crippen molar-refractivity contribution in [3.63, 3.8) is 0 Å². The minimum Gasteiger partial charge on any atom is -0.268 e. The van der Waals surface area contributed by atoms with Crippen molar-refractivity contribution in [3.8, 4) is 22.3 Å². The summed E-state index contributed by atoms with van der Waals surface area (Å²) in [6, 6.07) is 22.8. The Labute approximate surface area is 280 Å². The number of carbonyl (C=O) groups excluding carboxylic acids is 4. The molecule has 0 N–H and O–H groups in total. The van der Waals surface area contributed by atoms with E-state index >= 15 is 0 Å². The maximum Gasteiger partial charge on any atom is 0.266 e. The van der Waals surface area contributed by atoms with Gasteiger partial charge >= 0.3 is 0 Å². The third-order valence-corrected chi connectivity index (χ3v) is 9.70. The van der Waals surface area contributed by atoms with Crippen molar-refractivity contribution in [2.75, 3.05) is 9.80 Å². The average Bonchev–Trinajstić information content (AvgIpc) is 3.40. The van der Waals surface area contributed by atoms with Crippen LogP contribution in [0.15, 0.2) is 72.8 Å². The predicted octanol–water partition coefficient (Wildman–Crippen LogP) is 9.09.